The molecule has 0 spiro atoms. The molecule has 8 heteroatoms. The highest BCUT2D eigenvalue weighted by Gasteiger charge is 2.19. The molecule has 0 saturated carbocycles. The number of benzene rings is 2. The minimum absolute atomic E-state index is 0.0128. The summed E-state index contributed by atoms with van der Waals surface area (Å²) in [5.74, 6) is -0.495. The van der Waals surface area contributed by atoms with E-state index in [0.29, 0.717) is 0 Å². The summed E-state index contributed by atoms with van der Waals surface area (Å²) in [5.41, 5.74) is 0.118. The summed E-state index contributed by atoms with van der Waals surface area (Å²) in [7, 11) is -0.789. The number of nitrogens with zero attached hydrogens (tertiary/aromatic N) is 1. The first-order valence-electron chi connectivity index (χ1n) is 6.41. The maximum atomic E-state index is 12.2. The second-order valence-electron chi connectivity index (χ2n) is 4.78. The van der Waals surface area contributed by atoms with Crippen LogP contribution in [0.3, 0.4) is 0 Å². The van der Waals surface area contributed by atoms with Gasteiger partial charge in [-0.2, -0.15) is 0 Å². The van der Waals surface area contributed by atoms with Crippen molar-refractivity contribution in [1.29, 1.82) is 0 Å². The molecule has 2 aromatic rings. The Kier molecular flexibility index (Phi) is 5.46. The Morgan fingerprint density at radius 1 is 1.17 bits per heavy atom. The largest absolute Gasteiger partial charge is 0.421 e. The predicted octanol–water partition coefficient (Wildman–Crippen LogP) is 3.57. The van der Waals surface area contributed by atoms with Crippen molar-refractivity contribution in [2.24, 2.45) is 0 Å². The van der Waals surface area contributed by atoms with Crippen molar-refractivity contribution >= 4 is 43.5 Å². The van der Waals surface area contributed by atoms with Crippen LogP contribution >= 0.6 is 27.5 Å². The van der Waals surface area contributed by atoms with Gasteiger partial charge in [0, 0.05) is 18.6 Å². The Morgan fingerprint density at radius 3 is 2.48 bits per heavy atom. The first kappa shape index (κ1) is 17.9. The zero-order valence-corrected chi connectivity index (χ0v) is 15.4. The van der Waals surface area contributed by atoms with Crippen molar-refractivity contribution in [3.63, 3.8) is 0 Å². The van der Waals surface area contributed by atoms with Crippen molar-refractivity contribution in [2.75, 3.05) is 14.1 Å². The Labute approximate surface area is 148 Å². The van der Waals surface area contributed by atoms with Crippen molar-refractivity contribution < 1.29 is 17.9 Å². The van der Waals surface area contributed by atoms with Crippen molar-refractivity contribution in [1.82, 2.24) is 4.31 Å². The molecule has 5 nitrogen and oxygen atoms in total. The topological polar surface area (TPSA) is 63.7 Å². The smallest absolute Gasteiger partial charge is 0.343 e. The lowest BCUT2D eigenvalue weighted by Gasteiger charge is -2.12. The van der Waals surface area contributed by atoms with Gasteiger partial charge in [-0.25, -0.2) is 17.5 Å². The summed E-state index contributed by atoms with van der Waals surface area (Å²) in [4.78, 5) is 12.2. The molecule has 0 unspecified atom stereocenters. The van der Waals surface area contributed by atoms with Crippen LogP contribution in [0.2, 0.25) is 5.02 Å². The number of hydrogen-bond donors (Lipinski definition) is 0. The van der Waals surface area contributed by atoms with Gasteiger partial charge in [0.05, 0.1) is 15.5 Å². The summed E-state index contributed by atoms with van der Waals surface area (Å²) in [6.45, 7) is 0. The van der Waals surface area contributed by atoms with Crippen LogP contribution in [-0.2, 0) is 10.0 Å². The molecule has 2 rings (SSSR count). The standard InChI is InChI=1S/C15H13BrClNO4S/c1-18(2)23(20,21)12-5-3-4-10(8-12)15(19)22-14-7-6-11(16)9-13(14)17/h3-9H,1-2H3. The second-order valence-corrected chi connectivity index (χ2v) is 8.25. The number of ether oxygens (including phenoxy) is 1. The van der Waals surface area contributed by atoms with E-state index < -0.39 is 16.0 Å². The fraction of sp³-hybridized carbons (Fsp3) is 0.133. The number of rotatable bonds is 4. The first-order valence-corrected chi connectivity index (χ1v) is 9.03. The zero-order chi connectivity index (χ0) is 17.2. The van der Waals surface area contributed by atoms with Crippen LogP contribution in [0.1, 0.15) is 10.4 Å². The number of halogens is 2. The Balaban J connectivity index is 2.30. The monoisotopic (exact) mass is 417 g/mol. The zero-order valence-electron chi connectivity index (χ0n) is 12.3. The van der Waals surface area contributed by atoms with Crippen LogP contribution in [-0.4, -0.2) is 32.8 Å². The number of carbonyl (C=O) groups excluding carboxylic acids is 1. The number of esters is 1. The molecular formula is C15H13BrClNO4S. The third-order valence-corrected chi connectivity index (χ3v) is 5.54. The fourth-order valence-corrected chi connectivity index (χ4v) is 3.37. The van der Waals surface area contributed by atoms with Crippen molar-refractivity contribution in [3.05, 3.63) is 57.5 Å². The minimum atomic E-state index is -3.63. The average molecular weight is 419 g/mol. The normalized spacial score (nSPS) is 11.5. The molecule has 0 aliphatic carbocycles. The summed E-state index contributed by atoms with van der Waals surface area (Å²) >= 11 is 9.25. The van der Waals surface area contributed by atoms with E-state index in [1.807, 2.05) is 0 Å². The quantitative estimate of drug-likeness (QED) is 0.562. The highest BCUT2D eigenvalue weighted by molar-refractivity contribution is 9.10. The second kappa shape index (κ2) is 7.00. The molecule has 0 aromatic heterocycles. The molecule has 0 bridgehead atoms. The molecule has 122 valence electrons. The molecule has 0 radical (unpaired) electrons. The van der Waals surface area contributed by atoms with Crippen LogP contribution < -0.4 is 4.74 Å². The third kappa shape index (κ3) is 4.11. The Hall–Kier alpha value is -1.41. The van der Waals surface area contributed by atoms with Crippen LogP contribution in [0, 0.1) is 0 Å². The van der Waals surface area contributed by atoms with Gasteiger partial charge in [0.1, 0.15) is 5.75 Å². The van der Waals surface area contributed by atoms with Crippen LogP contribution in [0.25, 0.3) is 0 Å². The maximum Gasteiger partial charge on any atom is 0.343 e. The average Bonchev–Trinajstić information content (AvgIpc) is 2.50. The summed E-state index contributed by atoms with van der Waals surface area (Å²) < 4.78 is 31.2. The van der Waals surface area contributed by atoms with Gasteiger partial charge in [-0.3, -0.25) is 0 Å². The Bertz CT molecular complexity index is 852. The number of hydrogen-bond acceptors (Lipinski definition) is 4. The molecule has 0 atom stereocenters. The molecule has 2 aromatic carbocycles. The molecule has 0 aliphatic heterocycles. The molecule has 0 saturated heterocycles. The van der Waals surface area contributed by atoms with E-state index in [1.165, 1.54) is 38.4 Å². The van der Waals surface area contributed by atoms with Gasteiger partial charge in [-0.05, 0) is 36.4 Å². The maximum absolute atomic E-state index is 12.2. The van der Waals surface area contributed by atoms with E-state index in [-0.39, 0.29) is 21.2 Å². The van der Waals surface area contributed by atoms with Crippen molar-refractivity contribution in [2.45, 2.75) is 4.90 Å². The summed E-state index contributed by atoms with van der Waals surface area (Å²) in [5, 5.41) is 0.268. The van der Waals surface area contributed by atoms with E-state index in [2.05, 4.69) is 15.9 Å². The molecule has 23 heavy (non-hydrogen) atoms. The lowest BCUT2D eigenvalue weighted by molar-refractivity contribution is 0.0734. The Morgan fingerprint density at radius 2 is 1.87 bits per heavy atom. The van der Waals surface area contributed by atoms with Gasteiger partial charge in [0.15, 0.2) is 0 Å². The minimum Gasteiger partial charge on any atom is -0.421 e. The van der Waals surface area contributed by atoms with Crippen LogP contribution in [0.4, 0.5) is 0 Å². The van der Waals surface area contributed by atoms with Crippen LogP contribution in [0.5, 0.6) is 5.75 Å². The van der Waals surface area contributed by atoms with E-state index in [9.17, 15) is 13.2 Å². The fourth-order valence-electron chi connectivity index (χ4n) is 1.71. The highest BCUT2D eigenvalue weighted by atomic mass is 79.9. The van der Waals surface area contributed by atoms with Crippen molar-refractivity contribution in [3.8, 4) is 5.75 Å². The molecule has 0 fully saturated rings. The molecular weight excluding hydrogens is 406 g/mol. The molecule has 0 amide bonds. The van der Waals surface area contributed by atoms with Gasteiger partial charge in [-0.1, -0.05) is 33.6 Å². The lowest BCUT2D eigenvalue weighted by Crippen LogP contribution is -2.22. The lowest BCUT2D eigenvalue weighted by atomic mass is 10.2. The summed E-state index contributed by atoms with van der Waals surface area (Å²) in [6.07, 6.45) is 0. The predicted molar refractivity (Wildman–Crippen MR) is 91.4 cm³/mol. The van der Waals surface area contributed by atoms with E-state index in [4.69, 9.17) is 16.3 Å². The van der Waals surface area contributed by atoms with Gasteiger partial charge in [-0.15, -0.1) is 0 Å². The summed E-state index contributed by atoms with van der Waals surface area (Å²) in [6, 6.07) is 10.5. The molecule has 0 heterocycles. The molecule has 0 aliphatic rings. The number of carbonyl (C=O) groups is 1. The van der Waals surface area contributed by atoms with E-state index >= 15 is 0 Å². The van der Waals surface area contributed by atoms with Gasteiger partial charge >= 0.3 is 5.97 Å². The van der Waals surface area contributed by atoms with Gasteiger partial charge in [0.25, 0.3) is 0 Å². The third-order valence-electron chi connectivity index (χ3n) is 2.94. The SMILES string of the molecule is CN(C)S(=O)(=O)c1cccc(C(=O)Oc2ccc(Br)cc2Cl)c1. The van der Waals surface area contributed by atoms with Gasteiger partial charge in [0.2, 0.25) is 10.0 Å². The molecule has 0 N–H and O–H groups in total. The van der Waals surface area contributed by atoms with Gasteiger partial charge < -0.3 is 4.74 Å². The highest BCUT2D eigenvalue weighted by Crippen LogP contribution is 2.28. The number of sulfonamides is 1. The van der Waals surface area contributed by atoms with Crippen LogP contribution in [0.15, 0.2) is 51.8 Å². The first-order chi connectivity index (χ1) is 10.7. The van der Waals surface area contributed by atoms with E-state index in [0.717, 1.165) is 8.78 Å². The van der Waals surface area contributed by atoms with E-state index in [1.54, 1.807) is 18.2 Å².